The van der Waals surface area contributed by atoms with Crippen LogP contribution in [0.2, 0.25) is 0 Å². The van der Waals surface area contributed by atoms with Gasteiger partial charge in [-0.15, -0.1) is 0 Å². The molecule has 0 amide bonds. The van der Waals surface area contributed by atoms with Gasteiger partial charge in [0, 0.05) is 0 Å². The largest absolute Gasteiger partial charge is 0.192 e. The van der Waals surface area contributed by atoms with Gasteiger partial charge in [0.25, 0.3) is 0 Å². The van der Waals surface area contributed by atoms with Crippen molar-refractivity contribution in [3.63, 3.8) is 0 Å². The van der Waals surface area contributed by atoms with E-state index in [0.29, 0.717) is 5.56 Å². The summed E-state index contributed by atoms with van der Waals surface area (Å²) in [6, 6.07) is 42.7. The predicted molar refractivity (Wildman–Crippen MR) is 135 cm³/mol. The van der Waals surface area contributed by atoms with Crippen molar-refractivity contribution in [3.8, 4) is 28.3 Å². The Kier molecular flexibility index (Phi) is 4.23. The Labute approximate surface area is 186 Å². The predicted octanol–water partition coefficient (Wildman–Crippen LogP) is 8.35. The van der Waals surface area contributed by atoms with E-state index in [0.717, 1.165) is 11.1 Å². The summed E-state index contributed by atoms with van der Waals surface area (Å²) < 4.78 is 0. The minimum absolute atomic E-state index is 0.676. The van der Waals surface area contributed by atoms with E-state index < -0.39 is 0 Å². The summed E-state index contributed by atoms with van der Waals surface area (Å²) in [6.07, 6.45) is 0. The minimum atomic E-state index is 0.676. The van der Waals surface area contributed by atoms with Gasteiger partial charge in [-0.25, -0.2) is 0 Å². The molecule has 0 radical (unpaired) electrons. The molecule has 0 fully saturated rings. The Morgan fingerprint density at radius 3 is 1.94 bits per heavy atom. The average molecular weight is 406 g/mol. The van der Waals surface area contributed by atoms with Gasteiger partial charge in [0.15, 0.2) is 0 Å². The Hall–Kier alpha value is -4.41. The maximum Gasteiger partial charge on any atom is 0.0991 e. The smallest absolute Gasteiger partial charge is 0.0991 e. The zero-order valence-corrected chi connectivity index (χ0v) is 17.4. The lowest BCUT2D eigenvalue weighted by molar-refractivity contribution is 1.48. The van der Waals surface area contributed by atoms with Crippen molar-refractivity contribution in [2.75, 3.05) is 0 Å². The van der Waals surface area contributed by atoms with E-state index >= 15 is 0 Å². The van der Waals surface area contributed by atoms with Crippen molar-refractivity contribution in [1.29, 1.82) is 5.26 Å². The number of fused-ring (bicyclic) bond motifs is 5. The standard InChI is InChI=1S/C31H19N/c32-20-21-7-5-9-23(17-21)24-10-6-11-25(18-24)30-19-31-26-12-2-1-8-22(26)15-16-29(31)27-13-3-4-14-28(27)30/h1-19H. The molecule has 0 aliphatic rings. The molecule has 6 rings (SSSR count). The van der Waals surface area contributed by atoms with Crippen molar-refractivity contribution in [2.45, 2.75) is 0 Å². The van der Waals surface area contributed by atoms with E-state index in [4.69, 9.17) is 0 Å². The number of benzene rings is 6. The molecular weight excluding hydrogens is 386 g/mol. The molecule has 32 heavy (non-hydrogen) atoms. The Bertz CT molecular complexity index is 1680. The highest BCUT2D eigenvalue weighted by Gasteiger charge is 2.11. The third-order valence-electron chi connectivity index (χ3n) is 6.27. The average Bonchev–Trinajstić information content (AvgIpc) is 2.88. The molecule has 0 atom stereocenters. The SMILES string of the molecule is N#Cc1cccc(-c2cccc(-c3cc4c5ccccc5ccc4c4ccccc34)c2)c1. The molecule has 0 bridgehead atoms. The number of nitrogens with zero attached hydrogens (tertiary/aromatic N) is 1. The third kappa shape index (κ3) is 2.94. The van der Waals surface area contributed by atoms with Crippen LogP contribution in [0.1, 0.15) is 5.56 Å². The second kappa shape index (κ2) is 7.38. The highest BCUT2D eigenvalue weighted by Crippen LogP contribution is 2.38. The Balaban J connectivity index is 1.65. The van der Waals surface area contributed by atoms with Gasteiger partial charge in [0.05, 0.1) is 11.6 Å². The lowest BCUT2D eigenvalue weighted by Gasteiger charge is -2.14. The fourth-order valence-electron chi connectivity index (χ4n) is 4.73. The molecule has 0 heterocycles. The first-order valence-electron chi connectivity index (χ1n) is 10.8. The van der Waals surface area contributed by atoms with E-state index in [1.54, 1.807) is 0 Å². The van der Waals surface area contributed by atoms with Gasteiger partial charge >= 0.3 is 0 Å². The summed E-state index contributed by atoms with van der Waals surface area (Å²) in [5.74, 6) is 0. The van der Waals surface area contributed by atoms with Crippen LogP contribution in [0.4, 0.5) is 0 Å². The summed E-state index contributed by atoms with van der Waals surface area (Å²) in [7, 11) is 0. The molecule has 0 unspecified atom stereocenters. The Morgan fingerprint density at radius 2 is 1.09 bits per heavy atom. The van der Waals surface area contributed by atoms with Crippen molar-refractivity contribution >= 4 is 32.3 Å². The lowest BCUT2D eigenvalue weighted by atomic mass is 9.90. The zero-order valence-electron chi connectivity index (χ0n) is 17.4. The lowest BCUT2D eigenvalue weighted by Crippen LogP contribution is -1.87. The molecule has 148 valence electrons. The van der Waals surface area contributed by atoms with Crippen molar-refractivity contribution in [3.05, 3.63) is 121 Å². The second-order valence-corrected chi connectivity index (χ2v) is 8.12. The van der Waals surface area contributed by atoms with Crippen LogP contribution in [0.25, 0.3) is 54.6 Å². The zero-order chi connectivity index (χ0) is 21.5. The van der Waals surface area contributed by atoms with Gasteiger partial charge in [-0.2, -0.15) is 5.26 Å². The maximum atomic E-state index is 9.30. The number of hydrogen-bond acceptors (Lipinski definition) is 1. The van der Waals surface area contributed by atoms with Gasteiger partial charge in [-0.3, -0.25) is 0 Å². The van der Waals surface area contributed by atoms with Crippen LogP contribution in [-0.2, 0) is 0 Å². The fraction of sp³-hybridized carbons (Fsp3) is 0. The fourth-order valence-corrected chi connectivity index (χ4v) is 4.73. The first kappa shape index (κ1) is 18.4. The quantitative estimate of drug-likeness (QED) is 0.266. The molecule has 1 nitrogen and oxygen atoms in total. The van der Waals surface area contributed by atoms with Crippen LogP contribution >= 0.6 is 0 Å². The summed E-state index contributed by atoms with van der Waals surface area (Å²) in [6.45, 7) is 0. The van der Waals surface area contributed by atoms with Crippen LogP contribution in [-0.4, -0.2) is 0 Å². The highest BCUT2D eigenvalue weighted by atomic mass is 14.2. The van der Waals surface area contributed by atoms with Gasteiger partial charge in [0.2, 0.25) is 0 Å². The van der Waals surface area contributed by atoms with Crippen molar-refractivity contribution in [2.24, 2.45) is 0 Å². The molecular formula is C31H19N. The number of nitriles is 1. The number of rotatable bonds is 2. The molecule has 0 aliphatic heterocycles. The van der Waals surface area contributed by atoms with Gasteiger partial charge in [-0.05, 0) is 78.8 Å². The summed E-state index contributed by atoms with van der Waals surface area (Å²) in [5.41, 5.74) is 5.25. The van der Waals surface area contributed by atoms with Gasteiger partial charge < -0.3 is 0 Å². The topological polar surface area (TPSA) is 23.8 Å². The highest BCUT2D eigenvalue weighted by molar-refractivity contribution is 6.21. The molecule has 0 aliphatic carbocycles. The van der Waals surface area contributed by atoms with Gasteiger partial charge in [-0.1, -0.05) is 91.0 Å². The molecule has 0 aromatic heterocycles. The monoisotopic (exact) mass is 405 g/mol. The normalized spacial score (nSPS) is 11.1. The third-order valence-corrected chi connectivity index (χ3v) is 6.27. The molecule has 6 aromatic rings. The first-order valence-corrected chi connectivity index (χ1v) is 10.8. The maximum absolute atomic E-state index is 9.30. The van der Waals surface area contributed by atoms with Gasteiger partial charge in [0.1, 0.15) is 0 Å². The molecule has 0 spiro atoms. The summed E-state index contributed by atoms with van der Waals surface area (Å²) in [5, 5.41) is 16.9. The summed E-state index contributed by atoms with van der Waals surface area (Å²) >= 11 is 0. The molecule has 0 saturated heterocycles. The van der Waals surface area contributed by atoms with E-state index in [2.05, 4.69) is 103 Å². The first-order chi connectivity index (χ1) is 15.8. The van der Waals surface area contributed by atoms with Crippen LogP contribution in [0.5, 0.6) is 0 Å². The van der Waals surface area contributed by atoms with Crippen LogP contribution < -0.4 is 0 Å². The van der Waals surface area contributed by atoms with E-state index in [1.807, 2.05) is 18.2 Å². The molecule has 1 heteroatoms. The van der Waals surface area contributed by atoms with Crippen LogP contribution in [0.15, 0.2) is 115 Å². The summed E-state index contributed by atoms with van der Waals surface area (Å²) in [4.78, 5) is 0. The van der Waals surface area contributed by atoms with Crippen molar-refractivity contribution in [1.82, 2.24) is 0 Å². The van der Waals surface area contributed by atoms with E-state index in [9.17, 15) is 5.26 Å². The molecule has 6 aromatic carbocycles. The van der Waals surface area contributed by atoms with E-state index in [1.165, 1.54) is 43.4 Å². The van der Waals surface area contributed by atoms with Crippen molar-refractivity contribution < 1.29 is 0 Å². The molecule has 0 N–H and O–H groups in total. The second-order valence-electron chi connectivity index (χ2n) is 8.12. The molecule has 0 saturated carbocycles. The Morgan fingerprint density at radius 1 is 0.438 bits per heavy atom. The number of hydrogen-bond donors (Lipinski definition) is 0. The minimum Gasteiger partial charge on any atom is -0.192 e. The van der Waals surface area contributed by atoms with Crippen LogP contribution in [0, 0.1) is 11.3 Å². The van der Waals surface area contributed by atoms with Crippen LogP contribution in [0.3, 0.4) is 0 Å². The van der Waals surface area contributed by atoms with E-state index in [-0.39, 0.29) is 0 Å².